The average molecular weight is 506 g/mol. The maximum atomic E-state index is 13.1. The lowest BCUT2D eigenvalue weighted by molar-refractivity contribution is -0.143. The van der Waals surface area contributed by atoms with Crippen molar-refractivity contribution in [3.63, 3.8) is 0 Å². The van der Waals surface area contributed by atoms with Gasteiger partial charge >= 0.3 is 12.4 Å². The van der Waals surface area contributed by atoms with Crippen LogP contribution in [0.1, 0.15) is 23.3 Å². The molecule has 176 valence electrons. The fourth-order valence-electron chi connectivity index (χ4n) is 3.60. The van der Waals surface area contributed by atoms with E-state index in [9.17, 15) is 31.1 Å². The quantitative estimate of drug-likeness (QED) is 0.323. The topological polar surface area (TPSA) is 45.5 Å². The van der Waals surface area contributed by atoms with Crippen molar-refractivity contribution in [1.29, 1.82) is 0 Å². The monoisotopic (exact) mass is 506 g/mol. The molecule has 0 spiro atoms. The maximum Gasteiger partial charge on any atom is 0.416 e. The minimum atomic E-state index is -4.96. The fraction of sp³-hybridized carbons (Fsp3) is 0.333. The van der Waals surface area contributed by atoms with Crippen LogP contribution in [-0.4, -0.2) is 34.8 Å². The van der Waals surface area contributed by atoms with Gasteiger partial charge in [-0.25, -0.2) is 0 Å². The number of halogens is 6. The van der Waals surface area contributed by atoms with Crippen LogP contribution in [0, 0.1) is 5.92 Å². The molecule has 0 radical (unpaired) electrons. The molecule has 2 aromatic rings. The number of benzene rings is 1. The van der Waals surface area contributed by atoms with Gasteiger partial charge in [-0.15, -0.1) is 0 Å². The smallest absolute Gasteiger partial charge is 0.416 e. The van der Waals surface area contributed by atoms with Gasteiger partial charge in [-0.2, -0.15) is 26.3 Å². The van der Waals surface area contributed by atoms with Gasteiger partial charge in [0.25, 0.3) is 5.91 Å². The third-order valence-electron chi connectivity index (χ3n) is 5.25. The summed E-state index contributed by atoms with van der Waals surface area (Å²) in [5, 5.41) is 3.21. The van der Waals surface area contributed by atoms with Gasteiger partial charge in [0, 0.05) is 18.2 Å². The van der Waals surface area contributed by atoms with Crippen molar-refractivity contribution in [2.45, 2.75) is 18.8 Å². The second kappa shape index (κ2) is 8.80. The van der Waals surface area contributed by atoms with Crippen molar-refractivity contribution in [3.8, 4) is 11.3 Å². The van der Waals surface area contributed by atoms with E-state index < -0.39 is 23.5 Å². The predicted octanol–water partition coefficient (Wildman–Crippen LogP) is 5.79. The lowest BCUT2D eigenvalue weighted by atomic mass is 10.0. The predicted molar refractivity (Wildman–Crippen MR) is 115 cm³/mol. The van der Waals surface area contributed by atoms with E-state index in [2.05, 4.69) is 5.32 Å². The van der Waals surface area contributed by atoms with E-state index in [1.54, 1.807) is 0 Å². The fourth-order valence-corrected chi connectivity index (χ4v) is 4.85. The first-order chi connectivity index (χ1) is 15.4. The van der Waals surface area contributed by atoms with Gasteiger partial charge in [0.1, 0.15) is 15.8 Å². The first-order valence-corrected chi connectivity index (χ1v) is 11.0. The molecule has 4 rings (SSSR count). The molecule has 1 amide bonds. The number of hydrogen-bond acceptors (Lipinski definition) is 5. The van der Waals surface area contributed by atoms with Gasteiger partial charge in [-0.1, -0.05) is 24.0 Å². The van der Waals surface area contributed by atoms with Crippen LogP contribution in [-0.2, 0) is 17.1 Å². The van der Waals surface area contributed by atoms with Gasteiger partial charge in [-0.3, -0.25) is 9.69 Å². The molecule has 12 heteroatoms. The summed E-state index contributed by atoms with van der Waals surface area (Å²) in [6, 6.07) is 3.86. The molecule has 1 N–H and O–H groups in total. The molecule has 0 saturated carbocycles. The van der Waals surface area contributed by atoms with Crippen molar-refractivity contribution in [2.24, 2.45) is 5.92 Å². The van der Waals surface area contributed by atoms with Gasteiger partial charge in [0.05, 0.1) is 16.0 Å². The van der Waals surface area contributed by atoms with Crippen molar-refractivity contribution in [2.75, 3.05) is 19.6 Å². The Balaban J connectivity index is 1.60. The summed E-state index contributed by atoms with van der Waals surface area (Å²) in [4.78, 5) is 14.5. The lowest BCUT2D eigenvalue weighted by Gasteiger charge is -2.18. The summed E-state index contributed by atoms with van der Waals surface area (Å²) >= 11 is 6.36. The Morgan fingerprint density at radius 1 is 1.12 bits per heavy atom. The number of thiocarbonyl (C=S) groups is 1. The van der Waals surface area contributed by atoms with Crippen LogP contribution in [0.15, 0.2) is 39.7 Å². The van der Waals surface area contributed by atoms with Gasteiger partial charge in [0.15, 0.2) is 0 Å². The largest absolute Gasteiger partial charge is 0.457 e. The maximum absolute atomic E-state index is 13.1. The number of nitrogens with zero attached hydrogens (tertiary/aromatic N) is 1. The molecule has 1 unspecified atom stereocenters. The number of carbonyl (C=O) groups is 1. The van der Waals surface area contributed by atoms with Gasteiger partial charge in [-0.05, 0) is 55.8 Å². The van der Waals surface area contributed by atoms with E-state index in [-0.39, 0.29) is 39.9 Å². The first kappa shape index (κ1) is 23.8. The summed E-state index contributed by atoms with van der Waals surface area (Å²) in [7, 11) is 0. The molecule has 4 nitrogen and oxygen atoms in total. The molecule has 0 bridgehead atoms. The zero-order chi connectivity index (χ0) is 24.0. The molecule has 0 aliphatic carbocycles. The highest BCUT2D eigenvalue weighted by atomic mass is 32.2. The van der Waals surface area contributed by atoms with E-state index >= 15 is 0 Å². The minimum Gasteiger partial charge on any atom is -0.457 e. The lowest BCUT2D eigenvalue weighted by Crippen LogP contribution is -2.33. The Kier molecular flexibility index (Phi) is 6.36. The second-order valence-corrected chi connectivity index (χ2v) is 9.32. The van der Waals surface area contributed by atoms with Crippen LogP contribution in [0.4, 0.5) is 26.3 Å². The molecule has 2 aliphatic rings. The Bertz CT molecular complexity index is 1080. The highest BCUT2D eigenvalue weighted by molar-refractivity contribution is 8.26. The molecule has 3 heterocycles. The van der Waals surface area contributed by atoms with Crippen molar-refractivity contribution >= 4 is 40.3 Å². The third kappa shape index (κ3) is 5.28. The third-order valence-corrected chi connectivity index (χ3v) is 6.63. The Labute approximate surface area is 194 Å². The summed E-state index contributed by atoms with van der Waals surface area (Å²) in [6.07, 6.45) is -7.62. The highest BCUT2D eigenvalue weighted by Gasteiger charge is 2.37. The Hall–Kier alpha value is -2.31. The Morgan fingerprint density at radius 3 is 2.36 bits per heavy atom. The SMILES string of the molecule is O=C1/C(=C/c2ccc(-c3cc(C(F)(F)F)cc(C(F)(F)F)c3)o2)SC(=S)N1CC1CCNC1. The van der Waals surface area contributed by atoms with Crippen LogP contribution in [0.2, 0.25) is 0 Å². The molecule has 1 aromatic carbocycles. The number of amides is 1. The number of thioether (sulfide) groups is 1. The van der Waals surface area contributed by atoms with E-state index in [0.717, 1.165) is 31.3 Å². The summed E-state index contributed by atoms with van der Waals surface area (Å²) in [5.74, 6) is -0.108. The van der Waals surface area contributed by atoms with Gasteiger partial charge < -0.3 is 9.73 Å². The molecular formula is C21H16F6N2O2S2. The number of hydrogen-bond donors (Lipinski definition) is 1. The molecular weight excluding hydrogens is 490 g/mol. The van der Waals surface area contributed by atoms with Crippen molar-refractivity contribution in [3.05, 3.63) is 52.1 Å². The van der Waals surface area contributed by atoms with Crippen LogP contribution in [0.3, 0.4) is 0 Å². The number of alkyl halides is 6. The van der Waals surface area contributed by atoms with Crippen LogP contribution < -0.4 is 5.32 Å². The average Bonchev–Trinajstić information content (AvgIpc) is 3.46. The minimum absolute atomic E-state index is 0.0541. The zero-order valence-electron chi connectivity index (χ0n) is 16.7. The van der Waals surface area contributed by atoms with Crippen molar-refractivity contribution in [1.82, 2.24) is 10.2 Å². The Morgan fingerprint density at radius 2 is 1.79 bits per heavy atom. The number of furan rings is 1. The van der Waals surface area contributed by atoms with Gasteiger partial charge in [0.2, 0.25) is 0 Å². The second-order valence-electron chi connectivity index (χ2n) is 7.65. The van der Waals surface area contributed by atoms with E-state index in [4.69, 9.17) is 16.6 Å². The molecule has 1 atom stereocenters. The summed E-state index contributed by atoms with van der Waals surface area (Å²) in [5.41, 5.74) is -3.25. The van der Waals surface area contributed by atoms with Crippen LogP contribution >= 0.6 is 24.0 Å². The molecule has 1 aromatic heterocycles. The standard InChI is InChI=1S/C21H16F6N2O2S2/c22-20(23,24)13-5-12(6-14(7-13)21(25,26)27)16-2-1-15(31-16)8-17-18(30)29(19(32)33-17)10-11-3-4-28-9-11/h1-2,5-8,11,28H,3-4,9-10H2/b17-8-. The molecule has 2 fully saturated rings. The van der Waals surface area contributed by atoms with E-state index in [1.807, 2.05) is 0 Å². The number of rotatable bonds is 4. The first-order valence-electron chi connectivity index (χ1n) is 9.77. The van der Waals surface area contributed by atoms with E-state index in [1.165, 1.54) is 23.1 Å². The molecule has 2 aliphatic heterocycles. The normalized spacial score (nSPS) is 21.0. The number of carbonyl (C=O) groups excluding carboxylic acids is 1. The number of nitrogens with one attached hydrogen (secondary N) is 1. The van der Waals surface area contributed by atoms with Crippen LogP contribution in [0.25, 0.3) is 17.4 Å². The summed E-state index contributed by atoms with van der Waals surface area (Å²) in [6.45, 7) is 2.13. The molecule has 33 heavy (non-hydrogen) atoms. The molecule has 2 saturated heterocycles. The van der Waals surface area contributed by atoms with Crippen LogP contribution in [0.5, 0.6) is 0 Å². The summed E-state index contributed by atoms with van der Waals surface area (Å²) < 4.78 is 84.6. The van der Waals surface area contributed by atoms with Crippen molar-refractivity contribution < 1.29 is 35.6 Å². The van der Waals surface area contributed by atoms with E-state index in [0.29, 0.717) is 23.0 Å². The zero-order valence-corrected chi connectivity index (χ0v) is 18.4. The highest BCUT2D eigenvalue weighted by Crippen LogP contribution is 2.39.